The summed E-state index contributed by atoms with van der Waals surface area (Å²) in [5.41, 5.74) is 0. The van der Waals surface area contributed by atoms with Crippen molar-refractivity contribution >= 4 is 0 Å². The van der Waals surface area contributed by atoms with Crippen molar-refractivity contribution in [1.29, 1.82) is 0 Å². The Bertz CT molecular complexity index is 1680. The topological polar surface area (TPSA) is 464 Å². The van der Waals surface area contributed by atoms with E-state index in [-0.39, 0.29) is 6.61 Å². The van der Waals surface area contributed by atoms with E-state index in [0.29, 0.717) is 12.8 Å². The summed E-state index contributed by atoms with van der Waals surface area (Å²) >= 11 is 0. The molecule has 0 spiro atoms. The first kappa shape index (κ1) is 60.2. The van der Waals surface area contributed by atoms with Gasteiger partial charge in [0, 0.05) is 6.61 Å². The van der Waals surface area contributed by atoms with E-state index in [0.717, 1.165) is 19.3 Å². The van der Waals surface area contributed by atoms with Gasteiger partial charge in [-0.2, -0.15) is 0 Å². The summed E-state index contributed by atoms with van der Waals surface area (Å²) in [6.45, 7) is -2.18. The van der Waals surface area contributed by atoms with Crippen molar-refractivity contribution in [1.82, 2.24) is 0 Å². The molecule has 0 saturated carbocycles. The SMILES string of the molecule is C=CCCCCCCO[C@H]1[C@H]2O[C@H]3[C@H](O)[C@@H](O)[C@@H](O[C@H]4[C@H](O)[C@@H](O)[C@@H](O[C@H]5[C@H](O)[C@@H](O)[C@@H](O[C@H]6[C@H](O)[C@@H](O)[C@@H](O[C@H]7[C@H](O)[C@@H](O)[C@@H](O[C@@H]([C@@H]1O)[C@@H](CO)O2)O[C@@H]7CO)O[C@@H]6CO)O[C@@H]5CO)O[C@@H]4CO)O[C@@H]3CO. The molecule has 17 N–H and O–H groups in total. The Kier molecular flexibility index (Phi) is 22.1. The van der Waals surface area contributed by atoms with Crippen molar-refractivity contribution in [3.8, 4) is 0 Å². The lowest BCUT2D eigenvalue weighted by Gasteiger charge is -2.51. The van der Waals surface area contributed by atoms with Gasteiger partial charge in [-0.25, -0.2) is 0 Å². The van der Waals surface area contributed by atoms with Crippen LogP contribution in [0.1, 0.15) is 32.1 Å². The fourth-order valence-corrected chi connectivity index (χ4v) is 10.1. The number of allylic oxidation sites excluding steroid dienone is 1. The molecule has 0 aromatic rings. The van der Waals surface area contributed by atoms with Gasteiger partial charge in [0.2, 0.25) is 0 Å². The molecule has 16 heterocycles. The van der Waals surface area contributed by atoms with Gasteiger partial charge < -0.3 is 148 Å². The third-order valence-electron chi connectivity index (χ3n) is 14.3. The van der Waals surface area contributed by atoms with Crippen LogP contribution in [-0.4, -0.2) is 317 Å². The Morgan fingerprint density at radius 2 is 0.541 bits per heavy atom. The number of aliphatic hydroxyl groups excluding tert-OH is 17. The van der Waals surface area contributed by atoms with E-state index < -0.39 is 224 Å². The molecule has 0 aromatic heterocycles. The van der Waals surface area contributed by atoms with Crippen LogP contribution in [0.2, 0.25) is 0 Å². The fourth-order valence-electron chi connectivity index (χ4n) is 10.1. The van der Waals surface area contributed by atoms with Gasteiger partial charge in [0.15, 0.2) is 37.7 Å². The first-order chi connectivity index (χ1) is 35.5. The molecule has 0 aliphatic carbocycles. The lowest BCUT2D eigenvalue weighted by Crippen LogP contribution is -2.69. The molecule has 74 heavy (non-hydrogen) atoms. The van der Waals surface area contributed by atoms with E-state index in [4.69, 9.17) is 61.6 Å². The van der Waals surface area contributed by atoms with Gasteiger partial charge in [0.05, 0.1) is 39.6 Å². The molecule has 30 nitrogen and oxygen atoms in total. The molecule has 430 valence electrons. The molecular formula is C44H74O30. The summed E-state index contributed by atoms with van der Waals surface area (Å²) in [4.78, 5) is 0. The van der Waals surface area contributed by atoms with Crippen LogP contribution in [0.5, 0.6) is 0 Å². The molecule has 16 aliphatic rings. The highest BCUT2D eigenvalue weighted by molar-refractivity contribution is 5.01. The molecule has 30 atom stereocenters. The minimum Gasteiger partial charge on any atom is -0.394 e. The van der Waals surface area contributed by atoms with Crippen LogP contribution in [0.3, 0.4) is 0 Å². The normalized spacial score (nSPS) is 50.6. The Hall–Kier alpha value is -1.46. The van der Waals surface area contributed by atoms with Crippen LogP contribution in [0.15, 0.2) is 12.7 Å². The lowest BCUT2D eigenvalue weighted by atomic mass is 9.94. The second kappa shape index (κ2) is 27.1. The molecule has 16 rings (SSSR count). The zero-order chi connectivity index (χ0) is 53.7. The zero-order valence-electron chi connectivity index (χ0n) is 40.0. The second-order valence-electron chi connectivity index (χ2n) is 19.2. The van der Waals surface area contributed by atoms with Gasteiger partial charge in [-0.05, 0) is 19.3 Å². The molecule has 16 fully saturated rings. The summed E-state index contributed by atoms with van der Waals surface area (Å²) in [6.07, 6.45) is -51.6. The van der Waals surface area contributed by atoms with Crippen molar-refractivity contribution in [2.45, 2.75) is 216 Å². The van der Waals surface area contributed by atoms with Gasteiger partial charge >= 0.3 is 0 Å². The monoisotopic (exact) mass is 1080 g/mol. The fraction of sp³-hybridized carbons (Fsp3) is 0.955. The molecular weight excluding hydrogens is 1010 g/mol. The standard InChI is InChI=1S/C44H74O30/c1-2-3-4-5-6-7-8-62-38-31(61)37-20(14-50)68-44(38)74-36-19(13-49)67-42(30(60)25(36)55)72-34-17(11-47)65-40(28(58)23(34)53)70-32-15(9-45)63-39(26(56)21(32)51)69-33-16(10-46)64-41(27(57)22(33)52)71-35-18(12-48)66-43(73-37)29(59)24(35)54/h2,15-61H,1,3-14H2/t15-,16-,17-,18-,19-,20-,21-,22-,23-,24-,25-,26-,27-,28-,29-,30-,31+,32-,33-,34-,35-,36-,37-,38-,39-,40-,41-,42-,43-,44-/m1/s1. The maximum Gasteiger partial charge on any atom is 0.187 e. The van der Waals surface area contributed by atoms with E-state index >= 15 is 0 Å². The van der Waals surface area contributed by atoms with E-state index in [1.54, 1.807) is 6.08 Å². The molecule has 0 unspecified atom stereocenters. The summed E-state index contributed by atoms with van der Waals surface area (Å²) in [6, 6.07) is 0. The predicted molar refractivity (Wildman–Crippen MR) is 233 cm³/mol. The highest BCUT2D eigenvalue weighted by atomic mass is 16.8. The van der Waals surface area contributed by atoms with E-state index in [1.165, 1.54) is 0 Å². The highest BCUT2D eigenvalue weighted by Crippen LogP contribution is 2.38. The maximum absolute atomic E-state index is 12.0. The third-order valence-corrected chi connectivity index (χ3v) is 14.3. The predicted octanol–water partition coefficient (Wildman–Crippen LogP) is -9.89. The van der Waals surface area contributed by atoms with E-state index in [9.17, 15) is 86.8 Å². The molecule has 0 aromatic carbocycles. The van der Waals surface area contributed by atoms with E-state index in [2.05, 4.69) is 6.58 Å². The number of hydrogen-bond acceptors (Lipinski definition) is 30. The van der Waals surface area contributed by atoms with Crippen LogP contribution < -0.4 is 0 Å². The summed E-state index contributed by atoms with van der Waals surface area (Å²) < 4.78 is 76.0. The highest BCUT2D eigenvalue weighted by Gasteiger charge is 2.59. The van der Waals surface area contributed by atoms with Crippen molar-refractivity contribution in [3.05, 3.63) is 12.7 Å². The molecule has 16 saturated heterocycles. The minimum absolute atomic E-state index is 0.0446. The summed E-state index contributed by atoms with van der Waals surface area (Å²) in [7, 11) is 0. The van der Waals surface area contributed by atoms with Crippen LogP contribution in [-0.2, 0) is 61.6 Å². The average molecular weight is 1080 g/mol. The molecule has 0 radical (unpaired) electrons. The number of rotatable bonds is 14. The van der Waals surface area contributed by atoms with Crippen molar-refractivity contribution < 1.29 is 148 Å². The van der Waals surface area contributed by atoms with Gasteiger partial charge in [0.1, 0.15) is 146 Å². The van der Waals surface area contributed by atoms with Gasteiger partial charge in [-0.1, -0.05) is 18.9 Å². The smallest absolute Gasteiger partial charge is 0.187 e. The van der Waals surface area contributed by atoms with Crippen molar-refractivity contribution in [3.63, 3.8) is 0 Å². The molecule has 0 amide bonds. The van der Waals surface area contributed by atoms with Gasteiger partial charge in [-0.15, -0.1) is 6.58 Å². The number of ether oxygens (including phenoxy) is 13. The van der Waals surface area contributed by atoms with Crippen molar-refractivity contribution in [2.24, 2.45) is 0 Å². The average Bonchev–Trinajstić information content (AvgIpc) is 3.39. The number of aliphatic hydroxyl groups is 17. The summed E-state index contributed by atoms with van der Waals surface area (Å²) in [5, 5.41) is 188. The van der Waals surface area contributed by atoms with Gasteiger partial charge in [-0.3, -0.25) is 0 Å². The molecule has 16 aliphatic heterocycles. The Morgan fingerprint density at radius 1 is 0.297 bits per heavy atom. The largest absolute Gasteiger partial charge is 0.394 e. The van der Waals surface area contributed by atoms with Crippen LogP contribution in [0, 0.1) is 0 Å². The third kappa shape index (κ3) is 12.8. The van der Waals surface area contributed by atoms with Gasteiger partial charge in [0.25, 0.3) is 0 Å². The second-order valence-corrected chi connectivity index (χ2v) is 19.2. The summed E-state index contributed by atoms with van der Waals surface area (Å²) in [5.74, 6) is 0. The number of unbranched alkanes of at least 4 members (excludes halogenated alkanes) is 4. The molecule has 30 heteroatoms. The first-order valence-electron chi connectivity index (χ1n) is 24.7. The quantitative estimate of drug-likeness (QED) is 0.0567. The molecule has 12 bridgehead atoms. The van der Waals surface area contributed by atoms with E-state index in [1.807, 2.05) is 0 Å². The van der Waals surface area contributed by atoms with Crippen molar-refractivity contribution in [2.75, 3.05) is 46.2 Å². The maximum atomic E-state index is 12.0. The Morgan fingerprint density at radius 3 is 0.811 bits per heavy atom. The first-order valence-corrected chi connectivity index (χ1v) is 24.7. The van der Waals surface area contributed by atoms with Crippen LogP contribution >= 0.6 is 0 Å². The van der Waals surface area contributed by atoms with Crippen LogP contribution in [0.25, 0.3) is 0 Å². The number of hydrogen-bond donors (Lipinski definition) is 17. The van der Waals surface area contributed by atoms with Crippen LogP contribution in [0.4, 0.5) is 0 Å². The zero-order valence-corrected chi connectivity index (χ0v) is 40.0. The Balaban J connectivity index is 1.20. The minimum atomic E-state index is -2.15. The Labute approximate surface area is 423 Å². The lowest BCUT2D eigenvalue weighted by molar-refractivity contribution is -0.405.